The number of nitrogens with one attached hydrogen (secondary N) is 2. The van der Waals surface area contributed by atoms with Crippen LogP contribution in [0.25, 0.3) is 0 Å². The summed E-state index contributed by atoms with van der Waals surface area (Å²) in [5.41, 5.74) is 6.54. The highest BCUT2D eigenvalue weighted by Crippen LogP contribution is 2.47. The molecule has 1 aliphatic carbocycles. The topological polar surface area (TPSA) is 112 Å². The van der Waals surface area contributed by atoms with Gasteiger partial charge in [-0.25, -0.2) is 0 Å². The van der Waals surface area contributed by atoms with E-state index < -0.39 is 0 Å². The number of allylic oxidation sites excluding steroid dienone is 2. The van der Waals surface area contributed by atoms with Gasteiger partial charge in [0.25, 0.3) is 0 Å². The molecule has 0 bridgehead atoms. The van der Waals surface area contributed by atoms with Crippen LogP contribution in [-0.4, -0.2) is 54.0 Å². The van der Waals surface area contributed by atoms with Gasteiger partial charge in [-0.05, 0) is 57.0 Å². The highest BCUT2D eigenvalue weighted by atomic mass is 16.2. The van der Waals surface area contributed by atoms with Gasteiger partial charge < -0.3 is 16.0 Å². The van der Waals surface area contributed by atoms with Crippen molar-refractivity contribution in [2.24, 2.45) is 11.7 Å². The largest absolute Gasteiger partial charge is 0.402 e. The summed E-state index contributed by atoms with van der Waals surface area (Å²) in [6.07, 6.45) is 6.52. The molecule has 1 aromatic rings. The van der Waals surface area contributed by atoms with Crippen LogP contribution in [0.2, 0.25) is 0 Å². The van der Waals surface area contributed by atoms with Crippen molar-refractivity contribution in [3.05, 3.63) is 41.9 Å². The zero-order chi connectivity index (χ0) is 20.7. The van der Waals surface area contributed by atoms with Crippen molar-refractivity contribution in [1.29, 1.82) is 5.41 Å². The molecule has 2 aliphatic rings. The summed E-state index contributed by atoms with van der Waals surface area (Å²) in [5, 5.41) is 10.1. The van der Waals surface area contributed by atoms with Gasteiger partial charge >= 0.3 is 0 Å². The molecule has 1 aliphatic heterocycles. The second-order valence-corrected chi connectivity index (χ2v) is 7.89. The molecule has 28 heavy (non-hydrogen) atoms. The average molecular weight is 386 g/mol. The van der Waals surface area contributed by atoms with E-state index in [9.17, 15) is 9.59 Å². The number of pyridine rings is 1. The highest BCUT2D eigenvalue weighted by Gasteiger charge is 2.52. The predicted octanol–water partition coefficient (Wildman–Crippen LogP) is 1.64. The van der Waals surface area contributed by atoms with Crippen molar-refractivity contribution in [3.8, 4) is 0 Å². The molecule has 1 saturated heterocycles. The minimum atomic E-state index is -0.331. The molecule has 152 valence electrons. The number of likely N-dealkylation sites (tertiary alicyclic amines) is 1. The maximum Gasteiger partial charge on any atom is 0.232 e. The molecule has 2 fully saturated rings. The maximum absolute atomic E-state index is 12.4. The van der Waals surface area contributed by atoms with Crippen molar-refractivity contribution in [2.45, 2.75) is 44.6 Å². The Hall–Kier alpha value is -2.54. The zero-order valence-corrected chi connectivity index (χ0v) is 16.9. The Balaban J connectivity index is 0.000000242. The Bertz CT molecular complexity index is 726. The smallest absolute Gasteiger partial charge is 0.232 e. The van der Waals surface area contributed by atoms with Crippen LogP contribution >= 0.6 is 0 Å². The lowest BCUT2D eigenvalue weighted by Crippen LogP contribution is -2.42. The lowest BCUT2D eigenvalue weighted by molar-refractivity contribution is -0.124. The number of rotatable bonds is 6. The zero-order valence-electron chi connectivity index (χ0n) is 16.9. The molecule has 4 N–H and O–H groups in total. The number of carbonyl (C=O) groups is 2. The van der Waals surface area contributed by atoms with Gasteiger partial charge in [-0.1, -0.05) is 19.9 Å². The van der Waals surface area contributed by atoms with Crippen molar-refractivity contribution in [3.63, 3.8) is 0 Å². The normalized spacial score (nSPS) is 20.9. The van der Waals surface area contributed by atoms with Gasteiger partial charge in [0.2, 0.25) is 5.91 Å². The van der Waals surface area contributed by atoms with E-state index in [4.69, 9.17) is 11.1 Å². The van der Waals surface area contributed by atoms with E-state index in [0.717, 1.165) is 38.0 Å². The van der Waals surface area contributed by atoms with E-state index in [1.165, 1.54) is 6.08 Å². The lowest BCUT2D eigenvalue weighted by atomic mass is 10.00. The lowest BCUT2D eigenvalue weighted by Gasteiger charge is -2.18. The number of hydrogen-bond acceptors (Lipinski definition) is 6. The van der Waals surface area contributed by atoms with E-state index in [1.807, 2.05) is 32.0 Å². The van der Waals surface area contributed by atoms with Gasteiger partial charge in [-0.15, -0.1) is 0 Å². The van der Waals surface area contributed by atoms with E-state index in [-0.39, 0.29) is 23.0 Å². The fourth-order valence-electron chi connectivity index (χ4n) is 3.13. The van der Waals surface area contributed by atoms with Gasteiger partial charge in [0.15, 0.2) is 6.29 Å². The van der Waals surface area contributed by atoms with Crippen LogP contribution in [-0.2, 0) is 15.0 Å². The molecule has 1 atom stereocenters. The van der Waals surface area contributed by atoms with Crippen LogP contribution in [0.3, 0.4) is 0 Å². The van der Waals surface area contributed by atoms with Crippen LogP contribution in [0, 0.1) is 11.3 Å². The molecule has 0 spiro atoms. The molecule has 1 aromatic heterocycles. The van der Waals surface area contributed by atoms with Crippen molar-refractivity contribution in [1.82, 2.24) is 15.2 Å². The molecule has 1 unspecified atom stereocenters. The Morgan fingerprint density at radius 1 is 1.43 bits per heavy atom. The molecule has 3 rings (SSSR count). The van der Waals surface area contributed by atoms with E-state index in [2.05, 4.69) is 22.2 Å². The fraction of sp³-hybridized carbons (Fsp3) is 0.524. The molecule has 7 heteroatoms. The second-order valence-electron chi connectivity index (χ2n) is 7.89. The van der Waals surface area contributed by atoms with Gasteiger partial charge in [0.1, 0.15) is 0 Å². The molecular weight excluding hydrogens is 354 g/mol. The molecule has 1 amide bonds. The van der Waals surface area contributed by atoms with Gasteiger partial charge in [0.05, 0.1) is 16.8 Å². The summed E-state index contributed by atoms with van der Waals surface area (Å²) in [4.78, 5) is 29.0. The first-order valence-corrected chi connectivity index (χ1v) is 9.70. The van der Waals surface area contributed by atoms with Crippen LogP contribution < -0.4 is 11.1 Å². The summed E-state index contributed by atoms with van der Waals surface area (Å²) >= 11 is 0. The van der Waals surface area contributed by atoms with Crippen LogP contribution in [0.1, 0.15) is 38.8 Å². The van der Waals surface area contributed by atoms with Crippen molar-refractivity contribution >= 4 is 17.9 Å². The van der Waals surface area contributed by atoms with Crippen molar-refractivity contribution < 1.29 is 9.59 Å². The summed E-state index contributed by atoms with van der Waals surface area (Å²) in [5.74, 6) is 0.363. The molecule has 0 radical (unpaired) electrons. The van der Waals surface area contributed by atoms with Crippen molar-refractivity contribution in [2.75, 3.05) is 20.1 Å². The number of carbonyl (C=O) groups excluding carboxylic acids is 2. The van der Waals surface area contributed by atoms with E-state index >= 15 is 0 Å². The maximum atomic E-state index is 12.4. The number of nitrogens with two attached hydrogens (primary N) is 1. The molecule has 1 saturated carbocycles. The summed E-state index contributed by atoms with van der Waals surface area (Å²) in [7, 11) is 2.10. The first-order chi connectivity index (χ1) is 13.3. The second kappa shape index (κ2) is 9.59. The minimum absolute atomic E-state index is 0.0776. The molecular formula is C21H31N5O2. The molecule has 7 nitrogen and oxygen atoms in total. The average Bonchev–Trinajstić information content (AvgIpc) is 3.40. The fourth-order valence-corrected chi connectivity index (χ4v) is 3.13. The summed E-state index contributed by atoms with van der Waals surface area (Å²) < 4.78 is 0. The summed E-state index contributed by atoms with van der Waals surface area (Å²) in [6, 6.07) is 6.12. The van der Waals surface area contributed by atoms with Crippen LogP contribution in [0.4, 0.5) is 0 Å². The van der Waals surface area contributed by atoms with Gasteiger partial charge in [0, 0.05) is 24.5 Å². The number of hydrogen-bond donors (Lipinski definition) is 3. The number of aldehydes is 1. The monoisotopic (exact) mass is 385 g/mol. The van der Waals surface area contributed by atoms with E-state index in [1.54, 1.807) is 6.20 Å². The SMILES string of the molecule is CC(C)/C(N)=C/C(=N)C=O.CN1CCC(NC(=O)C2(c3ccccn3)CC2)C1. The quantitative estimate of drug-likeness (QED) is 0.509. The first-order valence-electron chi connectivity index (χ1n) is 9.70. The minimum Gasteiger partial charge on any atom is -0.402 e. The number of likely N-dealkylation sites (N-methyl/N-ethyl adjacent to an activating group) is 1. The standard InChI is InChI=1S/C14H19N3O.C7H12N2O/c1-17-9-5-11(10-17)16-13(18)14(6-7-14)12-4-2-3-8-15-12;1-5(2)7(9)3-6(8)4-10/h2-4,8,11H,5-7,9-10H2,1H3,(H,16,18);3-5,8H,9H2,1-2H3/b;7-3-,8-6?. The molecule has 0 aromatic carbocycles. The van der Waals surface area contributed by atoms with Crippen LogP contribution in [0.5, 0.6) is 0 Å². The molecule has 2 heterocycles. The first kappa shape index (κ1) is 21.8. The van der Waals surface area contributed by atoms with E-state index in [0.29, 0.717) is 18.0 Å². The third-order valence-corrected chi connectivity index (χ3v) is 5.18. The van der Waals surface area contributed by atoms with Gasteiger partial charge in [-0.2, -0.15) is 0 Å². The number of amides is 1. The Kier molecular flexibility index (Phi) is 7.45. The third-order valence-electron chi connectivity index (χ3n) is 5.18. The number of aromatic nitrogens is 1. The Labute approximate surface area is 166 Å². The highest BCUT2D eigenvalue weighted by molar-refractivity contribution is 6.32. The number of nitrogens with zero attached hydrogens (tertiary/aromatic N) is 2. The Morgan fingerprint density at radius 2 is 2.14 bits per heavy atom. The predicted molar refractivity (Wildman–Crippen MR) is 110 cm³/mol. The Morgan fingerprint density at radius 3 is 2.61 bits per heavy atom. The van der Waals surface area contributed by atoms with Gasteiger partial charge in [-0.3, -0.25) is 20.0 Å². The van der Waals surface area contributed by atoms with Crippen LogP contribution in [0.15, 0.2) is 36.2 Å². The summed E-state index contributed by atoms with van der Waals surface area (Å²) in [6.45, 7) is 5.85. The third kappa shape index (κ3) is 5.73.